The fourth-order valence-corrected chi connectivity index (χ4v) is 8.25. The van der Waals surface area contributed by atoms with Gasteiger partial charge in [-0.1, -0.05) is 84.5 Å². The molecular formula is C42H48IrNO2S2-. The van der Waals surface area contributed by atoms with Crippen LogP contribution in [0.1, 0.15) is 97.4 Å². The number of allylic oxidation sites excluding steroid dienone is 2. The Morgan fingerprint density at radius 1 is 0.854 bits per heavy atom. The molecule has 3 aromatic carbocycles. The molecule has 1 radical (unpaired) electrons. The molecular weight excluding hydrogens is 807 g/mol. The zero-order chi connectivity index (χ0) is 34.1. The Morgan fingerprint density at radius 2 is 1.48 bits per heavy atom. The third-order valence-electron chi connectivity index (χ3n) is 10.5. The van der Waals surface area contributed by atoms with E-state index in [4.69, 9.17) is 4.98 Å². The van der Waals surface area contributed by atoms with Crippen LogP contribution in [-0.4, -0.2) is 15.9 Å². The number of aryl methyl sites for hydroxylation is 1. The number of carbonyl (C=O) groups excluding carboxylic acids is 1. The number of thiophene rings is 2. The van der Waals surface area contributed by atoms with Gasteiger partial charge in [-0.25, -0.2) is 0 Å². The summed E-state index contributed by atoms with van der Waals surface area (Å²) in [5.74, 6) is 0.724. The van der Waals surface area contributed by atoms with Gasteiger partial charge in [0.05, 0.1) is 0 Å². The number of hydrogen-bond acceptors (Lipinski definition) is 5. The molecule has 0 aliphatic carbocycles. The van der Waals surface area contributed by atoms with Crippen molar-refractivity contribution < 1.29 is 30.0 Å². The molecule has 0 saturated carbocycles. The number of benzene rings is 3. The first kappa shape index (κ1) is 37.9. The molecule has 255 valence electrons. The van der Waals surface area contributed by atoms with Crippen LogP contribution in [0.2, 0.25) is 0 Å². The van der Waals surface area contributed by atoms with E-state index in [1.165, 1.54) is 52.2 Å². The van der Waals surface area contributed by atoms with Crippen molar-refractivity contribution in [1.82, 2.24) is 4.98 Å². The second kappa shape index (κ2) is 15.3. The molecule has 0 fully saturated rings. The summed E-state index contributed by atoms with van der Waals surface area (Å²) in [6, 6.07) is 23.6. The van der Waals surface area contributed by atoms with Crippen LogP contribution in [0.4, 0.5) is 0 Å². The molecule has 0 saturated heterocycles. The van der Waals surface area contributed by atoms with Crippen molar-refractivity contribution in [3.8, 4) is 11.3 Å². The van der Waals surface area contributed by atoms with Gasteiger partial charge in [-0.15, -0.1) is 51.8 Å². The molecule has 3 aromatic heterocycles. The van der Waals surface area contributed by atoms with Crippen molar-refractivity contribution in [2.75, 3.05) is 0 Å². The fraction of sp³-hybridized carbons (Fsp3) is 0.381. The summed E-state index contributed by atoms with van der Waals surface area (Å²) in [5.41, 5.74) is 2.89. The second-order valence-corrected chi connectivity index (χ2v) is 16.0. The fourth-order valence-electron chi connectivity index (χ4n) is 6.20. The number of nitrogens with zero attached hydrogens (tertiary/aromatic N) is 1. The maximum absolute atomic E-state index is 12.2. The van der Waals surface area contributed by atoms with E-state index in [9.17, 15) is 9.90 Å². The Balaban J connectivity index is 0.000000251. The van der Waals surface area contributed by atoms with Gasteiger partial charge in [0.15, 0.2) is 5.78 Å². The first-order valence-corrected chi connectivity index (χ1v) is 18.6. The smallest absolute Gasteiger partial charge is 0.164 e. The number of fused-ring (bicyclic) bond motifs is 6. The van der Waals surface area contributed by atoms with E-state index in [2.05, 4.69) is 81.4 Å². The topological polar surface area (TPSA) is 50.2 Å². The Kier molecular flexibility index (Phi) is 12.1. The van der Waals surface area contributed by atoms with Gasteiger partial charge in [-0.05, 0) is 68.2 Å². The summed E-state index contributed by atoms with van der Waals surface area (Å²) in [6.07, 6.45) is 6.70. The molecule has 0 aliphatic rings. The van der Waals surface area contributed by atoms with Gasteiger partial charge in [-0.3, -0.25) is 9.78 Å². The van der Waals surface area contributed by atoms with Crippen LogP contribution in [0.15, 0.2) is 72.6 Å². The number of ketones is 1. The van der Waals surface area contributed by atoms with Crippen molar-refractivity contribution in [1.29, 1.82) is 0 Å². The molecule has 0 aliphatic heterocycles. The molecule has 3 nitrogen and oxygen atoms in total. The largest absolute Gasteiger partial charge is 0.512 e. The zero-order valence-corrected chi connectivity index (χ0v) is 33.7. The maximum Gasteiger partial charge on any atom is 0.164 e. The molecule has 0 atom stereocenters. The third-order valence-corrected chi connectivity index (χ3v) is 12.6. The van der Waals surface area contributed by atoms with Gasteiger partial charge < -0.3 is 5.11 Å². The van der Waals surface area contributed by atoms with Gasteiger partial charge in [-0.2, -0.15) is 0 Å². The first-order chi connectivity index (χ1) is 22.4. The quantitative estimate of drug-likeness (QED) is 0.0895. The first-order valence-electron chi connectivity index (χ1n) is 17.0. The molecule has 3 heterocycles. The van der Waals surface area contributed by atoms with E-state index in [0.29, 0.717) is 5.92 Å². The van der Waals surface area contributed by atoms with Crippen LogP contribution in [0.5, 0.6) is 0 Å². The van der Waals surface area contributed by atoms with Gasteiger partial charge >= 0.3 is 0 Å². The van der Waals surface area contributed by atoms with Gasteiger partial charge in [0.25, 0.3) is 0 Å². The van der Waals surface area contributed by atoms with E-state index < -0.39 is 0 Å². The molecule has 0 bridgehead atoms. The van der Waals surface area contributed by atoms with Crippen molar-refractivity contribution in [2.24, 2.45) is 10.8 Å². The van der Waals surface area contributed by atoms with Crippen molar-refractivity contribution >= 4 is 69.5 Å². The molecule has 0 amide bonds. The van der Waals surface area contributed by atoms with Gasteiger partial charge in [0, 0.05) is 78.7 Å². The van der Waals surface area contributed by atoms with Crippen molar-refractivity contribution in [2.45, 2.75) is 93.9 Å². The molecule has 48 heavy (non-hydrogen) atoms. The third kappa shape index (κ3) is 7.19. The number of carbonyl (C=O) groups is 1. The summed E-state index contributed by atoms with van der Waals surface area (Å²) in [6.45, 7) is 18.8. The van der Waals surface area contributed by atoms with Crippen LogP contribution in [0.25, 0.3) is 52.3 Å². The van der Waals surface area contributed by atoms with Crippen LogP contribution in [-0.2, 0) is 24.9 Å². The minimum absolute atomic E-state index is 0. The number of pyridine rings is 1. The Morgan fingerprint density at radius 3 is 2.12 bits per heavy atom. The summed E-state index contributed by atoms with van der Waals surface area (Å²) in [5, 5.41) is 16.5. The second-order valence-electron chi connectivity index (χ2n) is 13.6. The summed E-state index contributed by atoms with van der Waals surface area (Å²) >= 11 is 3.72. The van der Waals surface area contributed by atoms with E-state index in [1.54, 1.807) is 0 Å². The average molecular weight is 855 g/mol. The van der Waals surface area contributed by atoms with Crippen LogP contribution in [0, 0.1) is 23.8 Å². The Hall–Kier alpha value is -2.89. The van der Waals surface area contributed by atoms with Crippen LogP contribution < -0.4 is 0 Å². The molecule has 6 rings (SSSR count). The van der Waals surface area contributed by atoms with Crippen molar-refractivity contribution in [3.05, 3.63) is 89.1 Å². The standard InChI is InChI=1S/C27H20NS2.C15H28O2.Ir/c1-15(2)20-14-18(13-17-6-4-5-7-19(17)20)27-26-24(10-11-28-27)30-23-9-8-22-21(25(23)26)12-16(3)29-22;1-7-14(5,8-2)12(16)11-13(17)15(6,9-3)10-4;/h4-12,14-15H,1-3H3;11,16H,7-10H2,1-6H3;/q-1;;/b;12-11-;. The molecule has 6 aromatic rings. The molecule has 6 heteroatoms. The number of aliphatic hydroxyl groups is 1. The molecule has 0 spiro atoms. The molecule has 1 N–H and O–H groups in total. The van der Waals surface area contributed by atoms with Crippen molar-refractivity contribution in [3.63, 3.8) is 0 Å². The predicted molar refractivity (Wildman–Crippen MR) is 206 cm³/mol. The van der Waals surface area contributed by atoms with E-state index in [1.807, 2.05) is 70.4 Å². The van der Waals surface area contributed by atoms with Gasteiger partial charge in [0.1, 0.15) is 5.76 Å². The van der Waals surface area contributed by atoms with E-state index in [-0.39, 0.29) is 42.5 Å². The SMILES string of the molecule is CCC(C)(CC)C(=O)/C=C(\O)C(C)(CC)CC.Cc1cc2c(ccc3sc4ccnc(-c5[c-]c6ccccc6c(C(C)C)c5)c4c32)s1.[Ir]. The van der Waals surface area contributed by atoms with Gasteiger partial charge in [0.2, 0.25) is 0 Å². The number of aromatic nitrogens is 1. The predicted octanol–water partition coefficient (Wildman–Crippen LogP) is 13.4. The summed E-state index contributed by atoms with van der Waals surface area (Å²) in [4.78, 5) is 18.4. The zero-order valence-electron chi connectivity index (χ0n) is 29.7. The molecule has 0 unspecified atom stereocenters. The normalized spacial score (nSPS) is 12.5. The monoisotopic (exact) mass is 855 g/mol. The van der Waals surface area contributed by atoms with E-state index in [0.717, 1.165) is 42.3 Å². The maximum atomic E-state index is 12.2. The Bertz CT molecular complexity index is 2090. The number of rotatable bonds is 9. The van der Waals surface area contributed by atoms with E-state index >= 15 is 0 Å². The van der Waals surface area contributed by atoms with Crippen LogP contribution >= 0.6 is 22.7 Å². The van der Waals surface area contributed by atoms with Crippen LogP contribution in [0.3, 0.4) is 0 Å². The number of aliphatic hydroxyl groups excluding tert-OH is 1. The minimum atomic E-state index is -0.337. The Labute approximate surface area is 307 Å². The average Bonchev–Trinajstić information content (AvgIpc) is 3.66. The number of hydrogen-bond donors (Lipinski definition) is 1. The summed E-state index contributed by atoms with van der Waals surface area (Å²) in [7, 11) is 0. The minimum Gasteiger partial charge on any atom is -0.512 e. The summed E-state index contributed by atoms with van der Waals surface area (Å²) < 4.78 is 3.97.